The Bertz CT molecular complexity index is 250. The van der Waals surface area contributed by atoms with Crippen molar-refractivity contribution in [3.63, 3.8) is 0 Å². The first-order valence-electron chi connectivity index (χ1n) is 4.06. The first kappa shape index (κ1) is 9.73. The Balaban J connectivity index is 2.56. The summed E-state index contributed by atoms with van der Waals surface area (Å²) >= 11 is 0. The summed E-state index contributed by atoms with van der Waals surface area (Å²) in [4.78, 5) is 21.6. The van der Waals surface area contributed by atoms with Crippen LogP contribution >= 0.6 is 0 Å². The maximum Gasteiger partial charge on any atom is 0.250 e. The number of hydrogen-bond acceptors (Lipinski definition) is 3. The van der Waals surface area contributed by atoms with Crippen LogP contribution in [0.25, 0.3) is 0 Å². The number of primary amides is 1. The number of carbonyl (C=O) groups is 2. The van der Waals surface area contributed by atoms with Crippen LogP contribution in [-0.4, -0.2) is 17.0 Å². The van der Waals surface area contributed by atoms with E-state index < -0.39 is 5.91 Å². The summed E-state index contributed by atoms with van der Waals surface area (Å²) in [7, 11) is 0. The van der Waals surface area contributed by atoms with Gasteiger partial charge in [-0.3, -0.25) is 14.8 Å². The summed E-state index contributed by atoms with van der Waals surface area (Å²) in [6, 6.07) is 0. The van der Waals surface area contributed by atoms with Gasteiger partial charge in [0.25, 0.3) is 0 Å². The molecule has 0 aromatic heterocycles. The van der Waals surface area contributed by atoms with E-state index in [0.29, 0.717) is 12.8 Å². The Morgan fingerprint density at radius 2 is 1.85 bits per heavy atom. The van der Waals surface area contributed by atoms with Crippen molar-refractivity contribution in [2.45, 2.75) is 12.8 Å². The van der Waals surface area contributed by atoms with Gasteiger partial charge in [0.15, 0.2) is 0 Å². The molecule has 0 heterocycles. The molecule has 4 N–H and O–H groups in total. The highest BCUT2D eigenvalue weighted by Crippen LogP contribution is 2.21. The third kappa shape index (κ3) is 2.29. The van der Waals surface area contributed by atoms with E-state index in [1.165, 1.54) is 0 Å². The zero-order valence-electron chi connectivity index (χ0n) is 7.06. The molecule has 0 aromatic rings. The summed E-state index contributed by atoms with van der Waals surface area (Å²) in [6.07, 6.45) is 4.32. The van der Waals surface area contributed by atoms with E-state index in [9.17, 15) is 9.59 Å². The number of hydroxylamine groups is 1. The normalized spacial score (nSPS) is 26.8. The van der Waals surface area contributed by atoms with E-state index in [2.05, 4.69) is 0 Å². The van der Waals surface area contributed by atoms with Crippen molar-refractivity contribution >= 4 is 11.8 Å². The fraction of sp³-hybridized carbons (Fsp3) is 0.500. The summed E-state index contributed by atoms with van der Waals surface area (Å²) in [5.41, 5.74) is 6.65. The first-order valence-corrected chi connectivity index (χ1v) is 4.06. The maximum absolute atomic E-state index is 10.9. The van der Waals surface area contributed by atoms with Crippen molar-refractivity contribution in [2.24, 2.45) is 17.6 Å². The lowest BCUT2D eigenvalue weighted by Crippen LogP contribution is -2.31. The highest BCUT2D eigenvalue weighted by molar-refractivity contribution is 5.82. The fourth-order valence-electron chi connectivity index (χ4n) is 1.36. The second kappa shape index (κ2) is 4.04. The number of carbonyl (C=O) groups excluding carboxylic acids is 2. The van der Waals surface area contributed by atoms with Crippen molar-refractivity contribution < 1.29 is 14.8 Å². The van der Waals surface area contributed by atoms with Crippen LogP contribution in [0.4, 0.5) is 0 Å². The largest absolute Gasteiger partial charge is 0.369 e. The Morgan fingerprint density at radius 1 is 1.31 bits per heavy atom. The second-order valence-corrected chi connectivity index (χ2v) is 3.05. The molecule has 2 amide bonds. The maximum atomic E-state index is 10.9. The quantitative estimate of drug-likeness (QED) is 0.308. The van der Waals surface area contributed by atoms with Gasteiger partial charge in [-0.25, -0.2) is 5.48 Å². The number of rotatable bonds is 2. The molecule has 0 spiro atoms. The third-order valence-electron chi connectivity index (χ3n) is 2.18. The Kier molecular flexibility index (Phi) is 3.02. The lowest BCUT2D eigenvalue weighted by atomic mass is 9.88. The highest BCUT2D eigenvalue weighted by atomic mass is 16.5. The summed E-state index contributed by atoms with van der Waals surface area (Å²) < 4.78 is 0. The molecule has 1 rings (SSSR count). The van der Waals surface area contributed by atoms with E-state index in [1.807, 2.05) is 0 Å². The van der Waals surface area contributed by atoms with Crippen LogP contribution in [0.5, 0.6) is 0 Å². The Labute approximate surface area is 75.6 Å². The van der Waals surface area contributed by atoms with Gasteiger partial charge >= 0.3 is 0 Å². The van der Waals surface area contributed by atoms with Gasteiger partial charge in [-0.05, 0) is 12.8 Å². The molecule has 0 radical (unpaired) electrons. The highest BCUT2D eigenvalue weighted by Gasteiger charge is 2.23. The van der Waals surface area contributed by atoms with Crippen LogP contribution in [0.2, 0.25) is 0 Å². The van der Waals surface area contributed by atoms with E-state index >= 15 is 0 Å². The van der Waals surface area contributed by atoms with Gasteiger partial charge in [0.2, 0.25) is 11.8 Å². The van der Waals surface area contributed by atoms with Crippen molar-refractivity contribution in [2.75, 3.05) is 0 Å². The van der Waals surface area contributed by atoms with E-state index in [4.69, 9.17) is 10.9 Å². The summed E-state index contributed by atoms with van der Waals surface area (Å²) in [6.45, 7) is 0. The first-order chi connectivity index (χ1) is 6.15. The van der Waals surface area contributed by atoms with Crippen LogP contribution in [0, 0.1) is 11.8 Å². The minimum absolute atomic E-state index is 0.275. The number of nitrogens with two attached hydrogens (primary N) is 1. The van der Waals surface area contributed by atoms with Crippen LogP contribution in [0.1, 0.15) is 12.8 Å². The standard InChI is InChI=1S/C8H12N2O3/c9-7(11)5-1-3-6(4-2-5)8(12)10-13/h1,3,5-6,13H,2,4H2,(H2,9,11)(H,10,12). The number of hydrogen-bond donors (Lipinski definition) is 3. The van der Waals surface area contributed by atoms with E-state index in [0.717, 1.165) is 0 Å². The predicted octanol–water partition coefficient (Wildman–Crippen LogP) is -0.441. The van der Waals surface area contributed by atoms with Crippen molar-refractivity contribution in [1.29, 1.82) is 0 Å². The minimum atomic E-state index is -0.445. The van der Waals surface area contributed by atoms with Crippen LogP contribution in [0.3, 0.4) is 0 Å². The molecule has 1 aliphatic carbocycles. The molecular formula is C8H12N2O3. The van der Waals surface area contributed by atoms with Crippen LogP contribution in [0.15, 0.2) is 12.2 Å². The van der Waals surface area contributed by atoms with Gasteiger partial charge in [0.1, 0.15) is 0 Å². The van der Waals surface area contributed by atoms with Gasteiger partial charge < -0.3 is 5.73 Å². The van der Waals surface area contributed by atoms with E-state index in [-0.39, 0.29) is 17.7 Å². The van der Waals surface area contributed by atoms with Gasteiger partial charge in [0.05, 0.1) is 11.8 Å². The lowest BCUT2D eigenvalue weighted by Gasteiger charge is -2.18. The molecule has 5 heteroatoms. The molecule has 0 saturated carbocycles. The van der Waals surface area contributed by atoms with Crippen molar-refractivity contribution in [1.82, 2.24) is 5.48 Å². The zero-order valence-corrected chi connectivity index (χ0v) is 7.06. The third-order valence-corrected chi connectivity index (χ3v) is 2.18. The molecular weight excluding hydrogens is 172 g/mol. The molecule has 0 bridgehead atoms. The van der Waals surface area contributed by atoms with Crippen LogP contribution < -0.4 is 11.2 Å². The smallest absolute Gasteiger partial charge is 0.250 e. The average molecular weight is 184 g/mol. The Hall–Kier alpha value is -1.36. The lowest BCUT2D eigenvalue weighted by molar-refractivity contribution is -0.132. The molecule has 5 nitrogen and oxygen atoms in total. The number of nitrogens with one attached hydrogen (secondary N) is 1. The molecule has 72 valence electrons. The second-order valence-electron chi connectivity index (χ2n) is 3.05. The minimum Gasteiger partial charge on any atom is -0.369 e. The summed E-state index contributed by atoms with van der Waals surface area (Å²) in [5.74, 6) is -1.44. The molecule has 0 aromatic carbocycles. The van der Waals surface area contributed by atoms with Gasteiger partial charge in [-0.1, -0.05) is 12.2 Å². The number of amides is 2. The predicted molar refractivity (Wildman–Crippen MR) is 44.5 cm³/mol. The molecule has 2 unspecified atom stereocenters. The van der Waals surface area contributed by atoms with Gasteiger partial charge in [-0.15, -0.1) is 0 Å². The molecule has 0 aliphatic heterocycles. The molecule has 2 atom stereocenters. The molecule has 13 heavy (non-hydrogen) atoms. The van der Waals surface area contributed by atoms with Crippen LogP contribution in [-0.2, 0) is 9.59 Å². The van der Waals surface area contributed by atoms with Gasteiger partial charge in [0, 0.05) is 0 Å². The fourth-order valence-corrected chi connectivity index (χ4v) is 1.36. The van der Waals surface area contributed by atoms with Crippen molar-refractivity contribution in [3.8, 4) is 0 Å². The van der Waals surface area contributed by atoms with E-state index in [1.54, 1.807) is 17.6 Å². The topological polar surface area (TPSA) is 92.4 Å². The zero-order chi connectivity index (χ0) is 9.84. The monoisotopic (exact) mass is 184 g/mol. The Morgan fingerprint density at radius 3 is 2.23 bits per heavy atom. The molecule has 0 saturated heterocycles. The SMILES string of the molecule is NC(=O)C1C=CC(C(=O)NO)CC1. The van der Waals surface area contributed by atoms with Crippen molar-refractivity contribution in [3.05, 3.63) is 12.2 Å². The summed E-state index contributed by atoms with van der Waals surface area (Å²) in [5, 5.41) is 8.34. The van der Waals surface area contributed by atoms with Gasteiger partial charge in [-0.2, -0.15) is 0 Å². The molecule has 0 fully saturated rings. The average Bonchev–Trinajstić information content (AvgIpc) is 2.17. The molecule has 1 aliphatic rings.